The lowest BCUT2D eigenvalue weighted by Gasteiger charge is -2.29. The molecule has 18 heavy (non-hydrogen) atoms. The van der Waals surface area contributed by atoms with E-state index < -0.39 is 10.0 Å². The highest BCUT2D eigenvalue weighted by atomic mass is 79.9. The lowest BCUT2D eigenvalue weighted by Crippen LogP contribution is -2.40. The number of sulfonamides is 1. The van der Waals surface area contributed by atoms with Gasteiger partial charge in [-0.2, -0.15) is 4.31 Å². The van der Waals surface area contributed by atoms with Gasteiger partial charge in [0, 0.05) is 27.4 Å². The summed E-state index contributed by atoms with van der Waals surface area (Å²) in [6.45, 7) is 0.910. The fourth-order valence-corrected chi connectivity index (χ4v) is 5.31. The van der Waals surface area contributed by atoms with Gasteiger partial charge >= 0.3 is 0 Å². The van der Waals surface area contributed by atoms with E-state index in [-0.39, 0.29) is 10.3 Å². The fraction of sp³-hybridized carbons (Fsp3) is 0.455. The lowest BCUT2D eigenvalue weighted by atomic mass is 10.2. The third-order valence-corrected chi connectivity index (χ3v) is 6.55. The predicted molar refractivity (Wildman–Crippen MR) is 79.5 cm³/mol. The van der Waals surface area contributed by atoms with E-state index in [0.29, 0.717) is 17.6 Å². The van der Waals surface area contributed by atoms with Gasteiger partial charge < -0.3 is 0 Å². The van der Waals surface area contributed by atoms with Crippen LogP contribution in [-0.2, 0) is 10.0 Å². The van der Waals surface area contributed by atoms with Crippen molar-refractivity contribution in [2.75, 3.05) is 13.1 Å². The van der Waals surface area contributed by atoms with Crippen LogP contribution in [0.15, 0.2) is 32.0 Å². The summed E-state index contributed by atoms with van der Waals surface area (Å²) in [5.74, 6) is 0. The minimum atomic E-state index is -3.48. The molecule has 1 unspecified atom stereocenters. The predicted octanol–water partition coefficient (Wildman–Crippen LogP) is 3.60. The van der Waals surface area contributed by atoms with E-state index in [1.165, 1.54) is 4.31 Å². The van der Waals surface area contributed by atoms with Gasteiger partial charge in [-0.1, -0.05) is 15.9 Å². The average Bonchev–Trinajstić information content (AvgIpc) is 2.32. The van der Waals surface area contributed by atoms with Crippen molar-refractivity contribution in [2.24, 2.45) is 0 Å². The number of alkyl halides is 1. The van der Waals surface area contributed by atoms with E-state index in [4.69, 9.17) is 11.6 Å². The number of hydrogen-bond donors (Lipinski definition) is 0. The van der Waals surface area contributed by atoms with Crippen LogP contribution in [0.3, 0.4) is 0 Å². The van der Waals surface area contributed by atoms with Crippen LogP contribution < -0.4 is 0 Å². The monoisotopic (exact) mass is 415 g/mol. The van der Waals surface area contributed by atoms with Crippen molar-refractivity contribution >= 4 is 53.5 Å². The lowest BCUT2D eigenvalue weighted by molar-refractivity contribution is 0.350. The molecule has 1 atom stereocenters. The van der Waals surface area contributed by atoms with Crippen molar-refractivity contribution in [1.82, 2.24) is 4.31 Å². The summed E-state index contributed by atoms with van der Waals surface area (Å²) < 4.78 is 27.8. The molecule has 0 amide bonds. The molecule has 0 N–H and O–H groups in total. The van der Waals surface area contributed by atoms with Crippen LogP contribution in [0.1, 0.15) is 12.8 Å². The van der Waals surface area contributed by atoms with Crippen LogP contribution in [0.5, 0.6) is 0 Å². The molecule has 1 aliphatic heterocycles. The molecule has 1 heterocycles. The highest BCUT2D eigenvalue weighted by Gasteiger charge is 2.30. The number of halogens is 3. The summed E-state index contributed by atoms with van der Waals surface area (Å²) in [7, 11) is -3.48. The van der Waals surface area contributed by atoms with Crippen LogP contribution in [0, 0.1) is 0 Å². The van der Waals surface area contributed by atoms with Gasteiger partial charge in [0.2, 0.25) is 10.0 Å². The third kappa shape index (κ3) is 3.10. The normalized spacial score (nSPS) is 22.1. The molecule has 1 saturated heterocycles. The zero-order chi connectivity index (χ0) is 13.3. The summed E-state index contributed by atoms with van der Waals surface area (Å²) >= 11 is 12.6. The summed E-state index contributed by atoms with van der Waals surface area (Å²) in [6, 6.07) is 5.13. The Hall–Kier alpha value is 0.380. The SMILES string of the molecule is O=S(=O)(c1cc(Br)ccc1Br)N1CCCC(Cl)C1. The Bertz CT molecular complexity index is 550. The second-order valence-electron chi connectivity index (χ2n) is 4.18. The van der Waals surface area contributed by atoms with Gasteiger partial charge in [-0.3, -0.25) is 0 Å². The maximum atomic E-state index is 12.5. The molecule has 0 aliphatic carbocycles. The van der Waals surface area contributed by atoms with Gasteiger partial charge in [0.15, 0.2) is 0 Å². The first-order chi connectivity index (χ1) is 8.41. The molecule has 0 spiro atoms. The van der Waals surface area contributed by atoms with E-state index >= 15 is 0 Å². The molecule has 0 radical (unpaired) electrons. The molecule has 0 saturated carbocycles. The Balaban J connectivity index is 2.38. The van der Waals surface area contributed by atoms with Gasteiger partial charge in [-0.05, 0) is 47.0 Å². The van der Waals surface area contributed by atoms with E-state index in [2.05, 4.69) is 31.9 Å². The standard InChI is InChI=1S/C11H12Br2ClNO2S/c12-8-3-4-10(13)11(6-8)18(16,17)15-5-1-2-9(14)7-15/h3-4,6,9H,1-2,5,7H2. The third-order valence-electron chi connectivity index (χ3n) is 2.84. The topological polar surface area (TPSA) is 37.4 Å². The van der Waals surface area contributed by atoms with Gasteiger partial charge in [-0.15, -0.1) is 11.6 Å². The van der Waals surface area contributed by atoms with Gasteiger partial charge in [0.25, 0.3) is 0 Å². The highest BCUT2D eigenvalue weighted by molar-refractivity contribution is 9.11. The molecule has 1 fully saturated rings. The number of rotatable bonds is 2. The van der Waals surface area contributed by atoms with Crippen LogP contribution in [0.25, 0.3) is 0 Å². The van der Waals surface area contributed by atoms with Crippen molar-refractivity contribution in [2.45, 2.75) is 23.1 Å². The van der Waals surface area contributed by atoms with Gasteiger partial charge in [0.05, 0.1) is 4.90 Å². The Morgan fingerprint density at radius 1 is 1.33 bits per heavy atom. The zero-order valence-corrected chi connectivity index (χ0v) is 14.2. The van der Waals surface area contributed by atoms with E-state index in [1.807, 2.05) is 0 Å². The minimum absolute atomic E-state index is 0.0977. The molecule has 2 rings (SSSR count). The maximum absolute atomic E-state index is 12.5. The van der Waals surface area contributed by atoms with Crippen molar-refractivity contribution < 1.29 is 8.42 Å². The second-order valence-corrected chi connectivity index (χ2v) is 8.47. The molecule has 7 heteroatoms. The van der Waals surface area contributed by atoms with Crippen molar-refractivity contribution in [3.8, 4) is 0 Å². The number of nitrogens with zero attached hydrogens (tertiary/aromatic N) is 1. The molecular formula is C11H12Br2ClNO2S. The molecule has 1 aliphatic rings. The van der Waals surface area contributed by atoms with E-state index in [1.54, 1.807) is 18.2 Å². The Labute approximate surface area is 129 Å². The Morgan fingerprint density at radius 2 is 2.06 bits per heavy atom. The average molecular weight is 418 g/mol. The van der Waals surface area contributed by atoms with Crippen LogP contribution in [0.4, 0.5) is 0 Å². The summed E-state index contributed by atoms with van der Waals surface area (Å²) in [4.78, 5) is 0.280. The zero-order valence-electron chi connectivity index (χ0n) is 9.44. The largest absolute Gasteiger partial charge is 0.244 e. The minimum Gasteiger partial charge on any atom is -0.207 e. The smallest absolute Gasteiger partial charge is 0.207 e. The molecular weight excluding hydrogens is 405 g/mol. The van der Waals surface area contributed by atoms with Gasteiger partial charge in [-0.25, -0.2) is 8.42 Å². The van der Waals surface area contributed by atoms with Crippen molar-refractivity contribution in [1.29, 1.82) is 0 Å². The van der Waals surface area contributed by atoms with Gasteiger partial charge in [0.1, 0.15) is 0 Å². The van der Waals surface area contributed by atoms with E-state index in [9.17, 15) is 8.42 Å². The number of piperidine rings is 1. The summed E-state index contributed by atoms with van der Waals surface area (Å²) in [6.07, 6.45) is 1.67. The molecule has 0 aromatic heterocycles. The van der Waals surface area contributed by atoms with Crippen molar-refractivity contribution in [3.05, 3.63) is 27.1 Å². The van der Waals surface area contributed by atoms with E-state index in [0.717, 1.165) is 17.3 Å². The highest BCUT2D eigenvalue weighted by Crippen LogP contribution is 2.30. The van der Waals surface area contributed by atoms with Crippen molar-refractivity contribution in [3.63, 3.8) is 0 Å². The molecule has 3 nitrogen and oxygen atoms in total. The second kappa shape index (κ2) is 5.79. The van der Waals surface area contributed by atoms with Crippen LogP contribution in [0.2, 0.25) is 0 Å². The number of benzene rings is 1. The Kier molecular flexibility index (Phi) is 4.75. The molecule has 1 aromatic rings. The molecule has 100 valence electrons. The fourth-order valence-electron chi connectivity index (χ4n) is 1.92. The quantitative estimate of drug-likeness (QED) is 0.690. The maximum Gasteiger partial charge on any atom is 0.244 e. The Morgan fingerprint density at radius 3 is 2.72 bits per heavy atom. The first-order valence-corrected chi connectivity index (χ1v) is 8.97. The molecule has 0 bridgehead atoms. The summed E-state index contributed by atoms with van der Waals surface area (Å²) in [5.41, 5.74) is 0. The first kappa shape index (κ1) is 14.8. The van der Waals surface area contributed by atoms with Crippen LogP contribution in [-0.4, -0.2) is 31.2 Å². The first-order valence-electron chi connectivity index (χ1n) is 5.50. The summed E-state index contributed by atoms with van der Waals surface area (Å²) in [5, 5.41) is -0.0977. The number of hydrogen-bond acceptors (Lipinski definition) is 2. The molecule has 1 aromatic carbocycles. The van der Waals surface area contributed by atoms with Crippen LogP contribution >= 0.6 is 43.5 Å².